The first kappa shape index (κ1) is 14.2. The summed E-state index contributed by atoms with van der Waals surface area (Å²) in [6, 6.07) is 8.09. The fraction of sp³-hybridized carbons (Fsp3) is 0.529. The number of likely N-dealkylation sites (tertiary alicyclic amines) is 1. The van der Waals surface area contributed by atoms with E-state index >= 15 is 0 Å². The van der Waals surface area contributed by atoms with Crippen LogP contribution in [0.3, 0.4) is 0 Å². The molecule has 1 saturated carbocycles. The Balaban J connectivity index is 1.34. The molecule has 0 N–H and O–H groups in total. The van der Waals surface area contributed by atoms with Crippen molar-refractivity contribution in [3.8, 4) is 0 Å². The van der Waals surface area contributed by atoms with Gasteiger partial charge in [-0.05, 0) is 50.4 Å². The number of aromatic nitrogens is 2. The Hall–Kier alpha value is -1.39. The van der Waals surface area contributed by atoms with E-state index in [2.05, 4.69) is 21.2 Å². The smallest absolute Gasteiger partial charge is 0.219 e. The zero-order valence-electron chi connectivity index (χ0n) is 12.5. The number of benzene rings is 1. The van der Waals surface area contributed by atoms with Crippen LogP contribution in [-0.4, -0.2) is 28.2 Å². The molecular weight excluding hydrogens is 298 g/mol. The third-order valence-corrected chi connectivity index (χ3v) is 5.04. The Bertz CT molecular complexity index is 645. The molecule has 0 bridgehead atoms. The van der Waals surface area contributed by atoms with Gasteiger partial charge in [-0.3, -0.25) is 4.90 Å². The summed E-state index contributed by atoms with van der Waals surface area (Å²) in [7, 11) is 0. The molecule has 116 valence electrons. The molecule has 2 fully saturated rings. The number of rotatable bonds is 4. The minimum absolute atomic E-state index is 0.419. The van der Waals surface area contributed by atoms with Crippen LogP contribution in [0.5, 0.6) is 0 Å². The Morgan fingerprint density at radius 3 is 2.27 bits per heavy atom. The maximum absolute atomic E-state index is 6.25. The third kappa shape index (κ3) is 3.03. The van der Waals surface area contributed by atoms with Crippen LogP contribution in [0.1, 0.15) is 54.9 Å². The van der Waals surface area contributed by atoms with Gasteiger partial charge in [0, 0.05) is 23.4 Å². The minimum Gasteiger partial charge on any atom is -0.425 e. The molecule has 1 aromatic heterocycles. The van der Waals surface area contributed by atoms with Crippen molar-refractivity contribution >= 4 is 11.6 Å². The summed E-state index contributed by atoms with van der Waals surface area (Å²) in [4.78, 5) is 2.45. The summed E-state index contributed by atoms with van der Waals surface area (Å²) < 4.78 is 5.86. The van der Waals surface area contributed by atoms with E-state index < -0.39 is 0 Å². The summed E-state index contributed by atoms with van der Waals surface area (Å²) in [6.07, 6.45) is 4.57. The minimum atomic E-state index is 0.419. The summed E-state index contributed by atoms with van der Waals surface area (Å²) in [6.45, 7) is 3.03. The van der Waals surface area contributed by atoms with Crippen LogP contribution in [0, 0.1) is 0 Å². The lowest BCUT2D eigenvalue weighted by atomic mass is 9.96. The van der Waals surface area contributed by atoms with Crippen molar-refractivity contribution in [3.05, 3.63) is 46.6 Å². The highest BCUT2D eigenvalue weighted by molar-refractivity contribution is 6.31. The first-order valence-corrected chi connectivity index (χ1v) is 8.46. The molecule has 1 aliphatic heterocycles. The van der Waals surface area contributed by atoms with E-state index in [1.165, 1.54) is 18.4 Å². The quantitative estimate of drug-likeness (QED) is 0.855. The Morgan fingerprint density at radius 2 is 1.64 bits per heavy atom. The van der Waals surface area contributed by atoms with Crippen molar-refractivity contribution in [3.63, 3.8) is 0 Å². The van der Waals surface area contributed by atoms with Gasteiger partial charge in [0.25, 0.3) is 0 Å². The van der Waals surface area contributed by atoms with Gasteiger partial charge in [0.1, 0.15) is 0 Å². The van der Waals surface area contributed by atoms with E-state index in [0.29, 0.717) is 11.8 Å². The van der Waals surface area contributed by atoms with E-state index in [-0.39, 0.29) is 0 Å². The molecule has 4 rings (SSSR count). The molecule has 0 unspecified atom stereocenters. The maximum Gasteiger partial charge on any atom is 0.219 e. The third-order valence-electron chi connectivity index (χ3n) is 4.67. The molecule has 1 aromatic carbocycles. The fourth-order valence-corrected chi connectivity index (χ4v) is 3.31. The first-order chi connectivity index (χ1) is 10.8. The monoisotopic (exact) mass is 317 g/mol. The Morgan fingerprint density at radius 1 is 1.00 bits per heavy atom. The lowest BCUT2D eigenvalue weighted by Crippen LogP contribution is -2.32. The van der Waals surface area contributed by atoms with E-state index in [1.807, 2.05) is 18.2 Å². The van der Waals surface area contributed by atoms with Crippen LogP contribution in [0.25, 0.3) is 0 Å². The molecule has 0 radical (unpaired) electrons. The normalized spacial score (nSPS) is 20.4. The molecule has 0 atom stereocenters. The second kappa shape index (κ2) is 6.01. The highest BCUT2D eigenvalue weighted by atomic mass is 35.5. The summed E-state index contributed by atoms with van der Waals surface area (Å²) in [5, 5.41) is 9.33. The van der Waals surface area contributed by atoms with Gasteiger partial charge in [-0.25, -0.2) is 0 Å². The lowest BCUT2D eigenvalue weighted by molar-refractivity contribution is 0.192. The Kier molecular flexibility index (Phi) is 3.89. The van der Waals surface area contributed by atoms with Crippen molar-refractivity contribution in [2.75, 3.05) is 13.1 Å². The molecule has 0 spiro atoms. The zero-order chi connectivity index (χ0) is 14.9. The highest BCUT2D eigenvalue weighted by Crippen LogP contribution is 2.40. The molecular formula is C17H20ClN3O. The van der Waals surface area contributed by atoms with Gasteiger partial charge in [-0.2, -0.15) is 0 Å². The van der Waals surface area contributed by atoms with Crippen molar-refractivity contribution in [1.82, 2.24) is 15.1 Å². The number of piperidine rings is 1. The van der Waals surface area contributed by atoms with Gasteiger partial charge >= 0.3 is 0 Å². The van der Waals surface area contributed by atoms with E-state index in [9.17, 15) is 0 Å². The largest absolute Gasteiger partial charge is 0.425 e. The average molecular weight is 318 g/mol. The summed E-state index contributed by atoms with van der Waals surface area (Å²) >= 11 is 6.25. The van der Waals surface area contributed by atoms with Crippen LogP contribution >= 0.6 is 11.6 Å². The fourth-order valence-electron chi connectivity index (χ4n) is 3.11. The second-order valence-corrected chi connectivity index (χ2v) is 6.80. The molecule has 5 heteroatoms. The molecule has 1 aliphatic carbocycles. The van der Waals surface area contributed by atoms with Crippen LogP contribution in [-0.2, 0) is 6.54 Å². The SMILES string of the molecule is Clc1ccccc1CN1CCC(c2nnc(C3CC3)o2)CC1. The van der Waals surface area contributed by atoms with Gasteiger partial charge in [0.15, 0.2) is 0 Å². The number of hydrogen-bond acceptors (Lipinski definition) is 4. The number of nitrogens with zero attached hydrogens (tertiary/aromatic N) is 3. The molecule has 0 amide bonds. The lowest BCUT2D eigenvalue weighted by Gasteiger charge is -2.30. The number of hydrogen-bond donors (Lipinski definition) is 0. The number of halogens is 1. The van der Waals surface area contributed by atoms with Gasteiger partial charge in [-0.15, -0.1) is 10.2 Å². The van der Waals surface area contributed by atoms with Crippen molar-refractivity contribution in [2.24, 2.45) is 0 Å². The zero-order valence-corrected chi connectivity index (χ0v) is 13.3. The van der Waals surface area contributed by atoms with Crippen molar-refractivity contribution in [1.29, 1.82) is 0 Å². The highest BCUT2D eigenvalue weighted by Gasteiger charge is 2.31. The van der Waals surface area contributed by atoms with Gasteiger partial charge in [-0.1, -0.05) is 29.8 Å². The van der Waals surface area contributed by atoms with Gasteiger partial charge in [0.2, 0.25) is 11.8 Å². The first-order valence-electron chi connectivity index (χ1n) is 8.08. The van der Waals surface area contributed by atoms with Gasteiger partial charge < -0.3 is 4.42 Å². The topological polar surface area (TPSA) is 42.2 Å². The van der Waals surface area contributed by atoms with Crippen LogP contribution in [0.4, 0.5) is 0 Å². The predicted molar refractivity (Wildman–Crippen MR) is 85.0 cm³/mol. The van der Waals surface area contributed by atoms with Crippen LogP contribution in [0.15, 0.2) is 28.7 Å². The average Bonchev–Trinajstić information content (AvgIpc) is 3.28. The standard InChI is InChI=1S/C17H20ClN3O/c18-15-4-2-1-3-14(15)11-21-9-7-13(8-10-21)17-20-19-16(22-17)12-5-6-12/h1-4,12-13H,5-11H2. The Labute approximate surface area is 135 Å². The molecule has 1 saturated heterocycles. The molecule has 2 aliphatic rings. The van der Waals surface area contributed by atoms with E-state index in [1.54, 1.807) is 0 Å². The van der Waals surface area contributed by atoms with Crippen molar-refractivity contribution < 1.29 is 4.42 Å². The summed E-state index contributed by atoms with van der Waals surface area (Å²) in [5.41, 5.74) is 1.21. The molecule has 22 heavy (non-hydrogen) atoms. The van der Waals surface area contributed by atoms with Crippen LogP contribution in [0.2, 0.25) is 5.02 Å². The van der Waals surface area contributed by atoms with E-state index in [0.717, 1.165) is 49.3 Å². The second-order valence-electron chi connectivity index (χ2n) is 6.39. The maximum atomic E-state index is 6.25. The predicted octanol–water partition coefficient (Wildman–Crippen LogP) is 3.98. The summed E-state index contributed by atoms with van der Waals surface area (Å²) in [5.74, 6) is 2.66. The molecule has 4 nitrogen and oxygen atoms in total. The molecule has 2 heterocycles. The van der Waals surface area contributed by atoms with Crippen LogP contribution < -0.4 is 0 Å². The van der Waals surface area contributed by atoms with E-state index in [4.69, 9.17) is 16.0 Å². The molecule has 2 aromatic rings. The van der Waals surface area contributed by atoms with Crippen molar-refractivity contribution in [2.45, 2.75) is 44.1 Å². The van der Waals surface area contributed by atoms with Gasteiger partial charge in [0.05, 0.1) is 0 Å².